The minimum atomic E-state index is 0.460. The van der Waals surface area contributed by atoms with Crippen molar-refractivity contribution in [3.8, 4) is 5.75 Å². The maximum absolute atomic E-state index is 5.85. The lowest BCUT2D eigenvalue weighted by Crippen LogP contribution is -2.16. The minimum Gasteiger partial charge on any atom is -0.492 e. The quantitative estimate of drug-likeness (QED) is 0.558. The van der Waals surface area contributed by atoms with Gasteiger partial charge in [-0.25, -0.2) is 0 Å². The lowest BCUT2D eigenvalue weighted by Gasteiger charge is -2.16. The molecule has 1 unspecified atom stereocenters. The smallest absolute Gasteiger partial charge is 0.144 e. The maximum atomic E-state index is 5.85. The summed E-state index contributed by atoms with van der Waals surface area (Å²) in [5.41, 5.74) is 7.61. The van der Waals surface area contributed by atoms with Crippen molar-refractivity contribution in [1.82, 2.24) is 0 Å². The molecule has 18 heavy (non-hydrogen) atoms. The molecule has 0 aromatic heterocycles. The monoisotopic (exact) mass is 268 g/mol. The number of hydrogen-bond acceptors (Lipinski definition) is 4. The van der Waals surface area contributed by atoms with E-state index in [0.29, 0.717) is 18.3 Å². The molecular weight excluding hydrogens is 244 g/mol. The summed E-state index contributed by atoms with van der Waals surface area (Å²) in [6.07, 6.45) is 1.16. The number of thioether (sulfide) groups is 1. The van der Waals surface area contributed by atoms with Gasteiger partial charge in [0.25, 0.3) is 0 Å². The van der Waals surface area contributed by atoms with Crippen LogP contribution in [-0.4, -0.2) is 24.2 Å². The Hall–Kier alpha value is -1.03. The van der Waals surface area contributed by atoms with Crippen molar-refractivity contribution in [3.05, 3.63) is 18.2 Å². The van der Waals surface area contributed by atoms with Crippen molar-refractivity contribution >= 4 is 23.1 Å². The van der Waals surface area contributed by atoms with Crippen molar-refractivity contribution in [2.75, 3.05) is 29.2 Å². The third-order valence-electron chi connectivity index (χ3n) is 2.63. The molecule has 4 heteroatoms. The van der Waals surface area contributed by atoms with Crippen LogP contribution in [0.3, 0.4) is 0 Å². The van der Waals surface area contributed by atoms with Crippen molar-refractivity contribution in [3.63, 3.8) is 0 Å². The Balaban J connectivity index is 2.53. The highest BCUT2D eigenvalue weighted by Gasteiger charge is 2.05. The van der Waals surface area contributed by atoms with E-state index in [2.05, 4.69) is 19.2 Å². The summed E-state index contributed by atoms with van der Waals surface area (Å²) in [6.45, 7) is 6.99. The van der Waals surface area contributed by atoms with E-state index in [4.69, 9.17) is 10.5 Å². The van der Waals surface area contributed by atoms with Crippen LogP contribution in [0.15, 0.2) is 18.2 Å². The van der Waals surface area contributed by atoms with E-state index in [1.54, 1.807) is 0 Å². The van der Waals surface area contributed by atoms with E-state index in [0.717, 1.165) is 17.9 Å². The second-order valence-corrected chi connectivity index (χ2v) is 5.61. The Morgan fingerprint density at radius 3 is 2.83 bits per heavy atom. The Morgan fingerprint density at radius 1 is 1.39 bits per heavy atom. The lowest BCUT2D eigenvalue weighted by atomic mass is 10.2. The van der Waals surface area contributed by atoms with Crippen LogP contribution >= 0.6 is 11.8 Å². The lowest BCUT2D eigenvalue weighted by molar-refractivity contribution is 0.342. The van der Waals surface area contributed by atoms with E-state index in [1.807, 2.05) is 36.9 Å². The van der Waals surface area contributed by atoms with Gasteiger partial charge in [-0.15, -0.1) is 0 Å². The maximum Gasteiger partial charge on any atom is 0.144 e. The van der Waals surface area contributed by atoms with Crippen molar-refractivity contribution in [1.29, 1.82) is 0 Å². The fraction of sp³-hybridized carbons (Fsp3) is 0.571. The van der Waals surface area contributed by atoms with Gasteiger partial charge in [-0.3, -0.25) is 0 Å². The molecular formula is C14H24N2OS. The largest absolute Gasteiger partial charge is 0.492 e. The first kappa shape index (κ1) is 15.0. The molecule has 1 atom stereocenters. The molecule has 3 N–H and O–H groups in total. The number of nitrogen functional groups attached to an aromatic ring is 1. The van der Waals surface area contributed by atoms with Crippen molar-refractivity contribution in [2.45, 2.75) is 33.2 Å². The molecule has 0 bridgehead atoms. The number of hydrogen-bond donors (Lipinski definition) is 2. The predicted octanol–water partition coefficient (Wildman–Crippen LogP) is 3.61. The summed E-state index contributed by atoms with van der Waals surface area (Å²) in [5, 5.41) is 3.48. The second-order valence-electron chi connectivity index (χ2n) is 4.22. The van der Waals surface area contributed by atoms with Gasteiger partial charge >= 0.3 is 0 Å². The fourth-order valence-electron chi connectivity index (χ4n) is 1.67. The Bertz CT molecular complexity index is 358. The molecule has 1 aromatic carbocycles. The average molecular weight is 268 g/mol. The second kappa shape index (κ2) is 8.14. The molecule has 0 aliphatic rings. The summed E-state index contributed by atoms with van der Waals surface area (Å²) in [4.78, 5) is 0. The highest BCUT2D eigenvalue weighted by Crippen LogP contribution is 2.26. The van der Waals surface area contributed by atoms with Gasteiger partial charge in [0, 0.05) is 17.8 Å². The van der Waals surface area contributed by atoms with Crippen LogP contribution in [0.5, 0.6) is 5.75 Å². The normalized spacial score (nSPS) is 12.2. The molecule has 1 rings (SSSR count). The van der Waals surface area contributed by atoms with E-state index >= 15 is 0 Å². The first-order valence-corrected chi connectivity index (χ1v) is 7.69. The zero-order valence-electron chi connectivity index (χ0n) is 11.5. The highest BCUT2D eigenvalue weighted by atomic mass is 32.2. The summed E-state index contributed by atoms with van der Waals surface area (Å²) in [6, 6.07) is 6.33. The van der Waals surface area contributed by atoms with Crippen LogP contribution in [0.25, 0.3) is 0 Å². The van der Waals surface area contributed by atoms with Crippen molar-refractivity contribution in [2.24, 2.45) is 0 Å². The van der Waals surface area contributed by atoms with Crippen LogP contribution in [0, 0.1) is 0 Å². The number of ether oxygens (including phenoxy) is 1. The summed E-state index contributed by atoms with van der Waals surface area (Å²) in [7, 11) is 0. The van der Waals surface area contributed by atoms with Gasteiger partial charge in [-0.1, -0.05) is 6.92 Å². The Morgan fingerprint density at radius 2 is 2.17 bits per heavy atom. The summed E-state index contributed by atoms with van der Waals surface area (Å²) >= 11 is 1.98. The van der Waals surface area contributed by atoms with Crippen LogP contribution in [0.4, 0.5) is 11.4 Å². The number of nitrogens with one attached hydrogen (secondary N) is 1. The van der Waals surface area contributed by atoms with E-state index in [-0.39, 0.29) is 0 Å². The fourth-order valence-corrected chi connectivity index (χ4v) is 2.47. The Kier molecular flexibility index (Phi) is 6.80. The molecule has 0 saturated heterocycles. The third kappa shape index (κ3) is 5.08. The van der Waals surface area contributed by atoms with Crippen LogP contribution in [-0.2, 0) is 0 Å². The van der Waals surface area contributed by atoms with Crippen molar-refractivity contribution < 1.29 is 4.74 Å². The molecule has 0 aliphatic heterocycles. The molecule has 0 spiro atoms. The average Bonchev–Trinajstić information content (AvgIpc) is 2.34. The molecule has 0 saturated carbocycles. The summed E-state index contributed by atoms with van der Waals surface area (Å²) < 4.78 is 5.49. The van der Waals surface area contributed by atoms with Crippen LogP contribution in [0.2, 0.25) is 0 Å². The molecule has 0 heterocycles. The standard InChI is InChI=1S/C14H24N2OS/c1-4-17-14-10-12(6-7-13(14)15)16-11(3)8-9-18-5-2/h6-7,10-11,16H,4-5,8-9,15H2,1-3H3. The molecule has 102 valence electrons. The molecule has 1 aromatic rings. The zero-order chi connectivity index (χ0) is 13.4. The molecule has 3 nitrogen and oxygen atoms in total. The minimum absolute atomic E-state index is 0.460. The van der Waals surface area contributed by atoms with E-state index < -0.39 is 0 Å². The van der Waals surface area contributed by atoms with Gasteiger partial charge in [0.15, 0.2) is 0 Å². The zero-order valence-corrected chi connectivity index (χ0v) is 12.3. The Labute approximate surface area is 114 Å². The van der Waals surface area contributed by atoms with Gasteiger partial charge in [0.05, 0.1) is 12.3 Å². The SMILES string of the molecule is CCOc1cc(NC(C)CCSCC)ccc1N. The number of nitrogens with two attached hydrogens (primary N) is 1. The highest BCUT2D eigenvalue weighted by molar-refractivity contribution is 7.99. The van der Waals surface area contributed by atoms with Gasteiger partial charge in [0.1, 0.15) is 5.75 Å². The molecule has 0 aliphatic carbocycles. The van der Waals surface area contributed by atoms with E-state index in [9.17, 15) is 0 Å². The molecule has 0 amide bonds. The van der Waals surface area contributed by atoms with Gasteiger partial charge in [-0.2, -0.15) is 11.8 Å². The number of benzene rings is 1. The van der Waals surface area contributed by atoms with Crippen LogP contribution < -0.4 is 15.8 Å². The van der Waals surface area contributed by atoms with Gasteiger partial charge < -0.3 is 15.8 Å². The third-order valence-corrected chi connectivity index (χ3v) is 3.56. The summed E-state index contributed by atoms with van der Waals surface area (Å²) in [5.74, 6) is 3.14. The first-order chi connectivity index (χ1) is 8.67. The van der Waals surface area contributed by atoms with Gasteiger partial charge in [-0.05, 0) is 43.9 Å². The van der Waals surface area contributed by atoms with E-state index in [1.165, 1.54) is 11.5 Å². The van der Waals surface area contributed by atoms with Gasteiger partial charge in [0.2, 0.25) is 0 Å². The van der Waals surface area contributed by atoms with Crippen LogP contribution in [0.1, 0.15) is 27.2 Å². The topological polar surface area (TPSA) is 47.3 Å². The number of anilines is 2. The molecule has 0 radical (unpaired) electrons. The first-order valence-electron chi connectivity index (χ1n) is 6.54. The predicted molar refractivity (Wildman–Crippen MR) is 82.7 cm³/mol. The number of rotatable bonds is 8. The molecule has 0 fully saturated rings.